The van der Waals surface area contributed by atoms with Gasteiger partial charge in [-0.15, -0.1) is 0 Å². The first-order chi connectivity index (χ1) is 5.90. The topological polar surface area (TPSA) is 52.1 Å². The fraction of sp³-hybridized carbons (Fsp3) is 0.250. The first kappa shape index (κ1) is 7.09. The number of hydrogen-bond donors (Lipinski definition) is 0. The Morgan fingerprint density at radius 1 is 1.50 bits per heavy atom. The molecule has 4 nitrogen and oxygen atoms in total. The number of rotatable bonds is 2. The highest BCUT2D eigenvalue weighted by Gasteiger charge is 2.08. The summed E-state index contributed by atoms with van der Waals surface area (Å²) >= 11 is 0. The molecule has 0 saturated carbocycles. The van der Waals surface area contributed by atoms with Gasteiger partial charge in [0.15, 0.2) is 5.76 Å². The van der Waals surface area contributed by atoms with Crippen LogP contribution < -0.4 is 0 Å². The van der Waals surface area contributed by atoms with Crippen LogP contribution in [0.3, 0.4) is 0 Å². The Hall–Kier alpha value is -1.58. The van der Waals surface area contributed by atoms with E-state index in [1.54, 1.807) is 18.4 Å². The highest BCUT2D eigenvalue weighted by Crippen LogP contribution is 2.15. The Bertz CT molecular complexity index is 351. The highest BCUT2D eigenvalue weighted by molar-refractivity contribution is 5.44. The highest BCUT2D eigenvalue weighted by atomic mass is 16.5. The van der Waals surface area contributed by atoms with Gasteiger partial charge in [0, 0.05) is 6.42 Å². The number of furan rings is 1. The summed E-state index contributed by atoms with van der Waals surface area (Å²) in [4.78, 5) is 4.10. The molecule has 0 aliphatic rings. The van der Waals surface area contributed by atoms with Crippen LogP contribution in [0.25, 0.3) is 11.6 Å². The van der Waals surface area contributed by atoms with Crippen molar-refractivity contribution >= 4 is 0 Å². The van der Waals surface area contributed by atoms with Crippen LogP contribution in [0, 0.1) is 0 Å². The molecule has 2 aromatic rings. The largest absolute Gasteiger partial charge is 0.461 e. The second-order valence-electron chi connectivity index (χ2n) is 2.34. The van der Waals surface area contributed by atoms with Crippen molar-refractivity contribution < 1.29 is 8.94 Å². The van der Waals surface area contributed by atoms with Gasteiger partial charge in [-0.05, 0) is 12.1 Å². The summed E-state index contributed by atoms with van der Waals surface area (Å²) < 4.78 is 10.0. The number of hydrogen-bond acceptors (Lipinski definition) is 4. The smallest absolute Gasteiger partial charge is 0.238 e. The minimum atomic E-state index is 0.511. The minimum absolute atomic E-state index is 0.511. The van der Waals surface area contributed by atoms with Crippen molar-refractivity contribution in [1.82, 2.24) is 10.1 Å². The van der Waals surface area contributed by atoms with Gasteiger partial charge in [-0.3, -0.25) is 0 Å². The standard InChI is InChI=1S/C8H8N2O2/c1-2-7-9-8(10-12-7)6-4-3-5-11-6/h3-5H,2H2,1H3. The van der Waals surface area contributed by atoms with E-state index in [2.05, 4.69) is 10.1 Å². The predicted molar refractivity (Wildman–Crippen MR) is 41.4 cm³/mol. The molecule has 0 atom stereocenters. The summed E-state index contributed by atoms with van der Waals surface area (Å²) in [5, 5.41) is 3.75. The molecule has 0 bridgehead atoms. The third-order valence-electron chi connectivity index (χ3n) is 1.51. The van der Waals surface area contributed by atoms with E-state index in [-0.39, 0.29) is 0 Å². The molecule has 0 aliphatic heterocycles. The van der Waals surface area contributed by atoms with Crippen LogP contribution in [0.4, 0.5) is 0 Å². The SMILES string of the molecule is CCc1nc(-c2ccco2)no1. The summed E-state index contributed by atoms with van der Waals surface area (Å²) in [7, 11) is 0. The summed E-state index contributed by atoms with van der Waals surface area (Å²) in [5.74, 6) is 1.77. The van der Waals surface area contributed by atoms with Crippen molar-refractivity contribution in [1.29, 1.82) is 0 Å². The summed E-state index contributed by atoms with van der Waals surface area (Å²) in [6.45, 7) is 1.96. The molecule has 0 spiro atoms. The number of nitrogens with zero attached hydrogens (tertiary/aromatic N) is 2. The van der Waals surface area contributed by atoms with E-state index < -0.39 is 0 Å². The zero-order chi connectivity index (χ0) is 8.39. The fourth-order valence-corrected chi connectivity index (χ4v) is 0.904. The molecule has 0 radical (unpaired) electrons. The molecule has 0 saturated heterocycles. The van der Waals surface area contributed by atoms with E-state index in [1.807, 2.05) is 6.92 Å². The lowest BCUT2D eigenvalue weighted by atomic mass is 10.4. The number of aromatic nitrogens is 2. The molecule has 0 amide bonds. The third kappa shape index (κ3) is 1.11. The molecule has 0 aliphatic carbocycles. The van der Waals surface area contributed by atoms with Crippen LogP contribution in [0.15, 0.2) is 27.3 Å². The van der Waals surface area contributed by atoms with E-state index in [0.29, 0.717) is 17.5 Å². The minimum Gasteiger partial charge on any atom is -0.461 e. The van der Waals surface area contributed by atoms with E-state index >= 15 is 0 Å². The van der Waals surface area contributed by atoms with Gasteiger partial charge >= 0.3 is 0 Å². The molecule has 2 aromatic heterocycles. The van der Waals surface area contributed by atoms with Gasteiger partial charge in [-0.25, -0.2) is 0 Å². The van der Waals surface area contributed by atoms with Gasteiger partial charge in [0.05, 0.1) is 6.26 Å². The van der Waals surface area contributed by atoms with Crippen molar-refractivity contribution in [3.63, 3.8) is 0 Å². The monoisotopic (exact) mass is 164 g/mol. The maximum absolute atomic E-state index is 5.09. The molecule has 0 aromatic carbocycles. The molecule has 4 heteroatoms. The average molecular weight is 164 g/mol. The van der Waals surface area contributed by atoms with Crippen molar-refractivity contribution in [2.45, 2.75) is 13.3 Å². The fourth-order valence-electron chi connectivity index (χ4n) is 0.904. The van der Waals surface area contributed by atoms with Gasteiger partial charge in [-0.2, -0.15) is 4.98 Å². The lowest BCUT2D eigenvalue weighted by Crippen LogP contribution is -1.78. The van der Waals surface area contributed by atoms with Crippen LogP contribution >= 0.6 is 0 Å². The van der Waals surface area contributed by atoms with E-state index in [1.165, 1.54) is 0 Å². The van der Waals surface area contributed by atoms with Gasteiger partial charge < -0.3 is 8.94 Å². The first-order valence-corrected chi connectivity index (χ1v) is 3.76. The lowest BCUT2D eigenvalue weighted by Gasteiger charge is -1.81. The van der Waals surface area contributed by atoms with Gasteiger partial charge in [-0.1, -0.05) is 12.1 Å². The van der Waals surface area contributed by atoms with Crippen LogP contribution in [-0.4, -0.2) is 10.1 Å². The molecule has 2 rings (SSSR count). The normalized spacial score (nSPS) is 10.4. The Labute approximate surface area is 69.2 Å². The van der Waals surface area contributed by atoms with Gasteiger partial charge in [0.25, 0.3) is 0 Å². The molecule has 62 valence electrons. The third-order valence-corrected chi connectivity index (χ3v) is 1.51. The second-order valence-corrected chi connectivity index (χ2v) is 2.34. The van der Waals surface area contributed by atoms with Crippen molar-refractivity contribution in [3.8, 4) is 11.6 Å². The van der Waals surface area contributed by atoms with Gasteiger partial charge in [0.2, 0.25) is 11.7 Å². The predicted octanol–water partition coefficient (Wildman–Crippen LogP) is 1.89. The van der Waals surface area contributed by atoms with Crippen LogP contribution in [0.1, 0.15) is 12.8 Å². The second kappa shape index (κ2) is 2.81. The maximum Gasteiger partial charge on any atom is 0.238 e. The molecule has 2 heterocycles. The zero-order valence-electron chi connectivity index (χ0n) is 6.65. The van der Waals surface area contributed by atoms with Crippen LogP contribution in [0.2, 0.25) is 0 Å². The summed E-state index contributed by atoms with van der Waals surface area (Å²) in [6.07, 6.45) is 2.32. The van der Waals surface area contributed by atoms with Crippen molar-refractivity contribution in [2.75, 3.05) is 0 Å². The molecule has 0 unspecified atom stereocenters. The Morgan fingerprint density at radius 3 is 3.00 bits per heavy atom. The molecule has 0 N–H and O–H groups in total. The zero-order valence-corrected chi connectivity index (χ0v) is 6.65. The van der Waals surface area contributed by atoms with Gasteiger partial charge in [0.1, 0.15) is 0 Å². The number of aryl methyl sites for hydroxylation is 1. The van der Waals surface area contributed by atoms with Crippen LogP contribution in [0.5, 0.6) is 0 Å². The Morgan fingerprint density at radius 2 is 2.42 bits per heavy atom. The molecular formula is C8H8N2O2. The average Bonchev–Trinajstić information content (AvgIpc) is 2.75. The Balaban J connectivity index is 2.35. The van der Waals surface area contributed by atoms with Crippen molar-refractivity contribution in [2.24, 2.45) is 0 Å². The van der Waals surface area contributed by atoms with Crippen molar-refractivity contribution in [3.05, 3.63) is 24.3 Å². The summed E-state index contributed by atoms with van der Waals surface area (Å²) in [5.41, 5.74) is 0. The van der Waals surface area contributed by atoms with Crippen LogP contribution in [-0.2, 0) is 6.42 Å². The van der Waals surface area contributed by atoms with E-state index in [9.17, 15) is 0 Å². The van der Waals surface area contributed by atoms with E-state index in [0.717, 1.165) is 6.42 Å². The maximum atomic E-state index is 5.09. The lowest BCUT2D eigenvalue weighted by molar-refractivity contribution is 0.381. The summed E-state index contributed by atoms with van der Waals surface area (Å²) in [6, 6.07) is 3.58. The quantitative estimate of drug-likeness (QED) is 0.680. The Kier molecular flexibility index (Phi) is 1.66. The molecule has 12 heavy (non-hydrogen) atoms. The van der Waals surface area contributed by atoms with E-state index in [4.69, 9.17) is 8.94 Å². The first-order valence-electron chi connectivity index (χ1n) is 3.76. The molecule has 0 fully saturated rings. The molecular weight excluding hydrogens is 156 g/mol.